The van der Waals surface area contributed by atoms with Crippen LogP contribution < -0.4 is 9.64 Å². The summed E-state index contributed by atoms with van der Waals surface area (Å²) in [6, 6.07) is 14.9. The van der Waals surface area contributed by atoms with Gasteiger partial charge < -0.3 is 34.1 Å². The highest BCUT2D eigenvalue weighted by atomic mass is 35.5. The standard InChI is InChI=1S/C26H25Cl2N5O3.2HNO3/c1-32(2)25-30-10-9-24(31-25)18-3-6-20(7-4-18)34-14-21-15-35-26(36-21,16-33-12-11-29-17-33)22-8-5-19(27)13-23(22)28;2*2-1(3)4/h3-13,17,21H,14-16H2,1-2H3;2*(H,2,3,4)/t21-,26-;;/m1../s1. The van der Waals surface area contributed by atoms with Gasteiger partial charge in [0.15, 0.2) is 0 Å². The average molecular weight is 652 g/mol. The van der Waals surface area contributed by atoms with Gasteiger partial charge in [-0.1, -0.05) is 29.3 Å². The molecular weight excluding hydrogens is 625 g/mol. The topological polar surface area (TPSA) is 201 Å². The summed E-state index contributed by atoms with van der Waals surface area (Å²) in [5.41, 5.74) is 2.53. The quantitative estimate of drug-likeness (QED) is 0.201. The zero-order chi connectivity index (χ0) is 32.3. The zero-order valence-corrected chi connectivity index (χ0v) is 24.8. The SMILES string of the molecule is CN(C)c1nccc(-c2ccc(OC[C@@H]3CO[C@@](Cn4ccnc4)(c4ccc(Cl)cc4Cl)O3)cc2)n1.O=[N+]([O-])O.O=[N+]([O-])O. The Morgan fingerprint density at radius 1 is 1.09 bits per heavy atom. The van der Waals surface area contributed by atoms with E-state index in [2.05, 4.69) is 15.0 Å². The van der Waals surface area contributed by atoms with E-state index in [4.69, 9.17) is 68.1 Å². The second-order valence-corrected chi connectivity index (χ2v) is 9.95. The monoisotopic (exact) mass is 651 g/mol. The normalized spacial score (nSPS) is 17.0. The highest BCUT2D eigenvalue weighted by Crippen LogP contribution is 2.40. The maximum absolute atomic E-state index is 8.36. The molecule has 1 saturated heterocycles. The van der Waals surface area contributed by atoms with Crippen LogP contribution >= 0.6 is 23.2 Å². The van der Waals surface area contributed by atoms with Gasteiger partial charge in [-0.2, -0.15) is 0 Å². The van der Waals surface area contributed by atoms with Crippen LogP contribution in [0.1, 0.15) is 5.56 Å². The minimum atomic E-state index is -1.50. The molecule has 18 heteroatoms. The van der Waals surface area contributed by atoms with Gasteiger partial charge in [-0.3, -0.25) is 0 Å². The van der Waals surface area contributed by atoms with Crippen LogP contribution in [0.15, 0.2) is 73.4 Å². The average Bonchev–Trinajstić information content (AvgIpc) is 3.62. The Bertz CT molecular complexity index is 1510. The van der Waals surface area contributed by atoms with Crippen molar-refractivity contribution in [2.75, 3.05) is 32.2 Å². The lowest BCUT2D eigenvalue weighted by atomic mass is 10.1. The number of hydrogen-bond donors (Lipinski definition) is 2. The Hall–Kier alpha value is -4.77. The van der Waals surface area contributed by atoms with Gasteiger partial charge >= 0.3 is 0 Å². The molecule has 1 fully saturated rings. The molecule has 0 spiro atoms. The molecule has 0 saturated carbocycles. The fourth-order valence-electron chi connectivity index (χ4n) is 4.01. The third-order valence-electron chi connectivity index (χ3n) is 5.78. The summed E-state index contributed by atoms with van der Waals surface area (Å²) in [7, 11) is 3.83. The first-order chi connectivity index (χ1) is 20.9. The number of aromatic nitrogens is 4. The molecule has 0 amide bonds. The second-order valence-electron chi connectivity index (χ2n) is 9.11. The van der Waals surface area contributed by atoms with E-state index in [9.17, 15) is 0 Å². The summed E-state index contributed by atoms with van der Waals surface area (Å²) in [4.78, 5) is 31.6. The summed E-state index contributed by atoms with van der Waals surface area (Å²) >= 11 is 12.7. The molecular formula is C26H27Cl2N7O9. The molecule has 1 aliphatic heterocycles. The maximum atomic E-state index is 8.36. The van der Waals surface area contributed by atoms with Crippen LogP contribution in [0.2, 0.25) is 10.0 Å². The maximum Gasteiger partial charge on any atom is 0.291 e. The van der Waals surface area contributed by atoms with Gasteiger partial charge in [-0.15, -0.1) is 20.2 Å². The highest BCUT2D eigenvalue weighted by Gasteiger charge is 2.45. The van der Waals surface area contributed by atoms with Crippen LogP contribution in [0, 0.1) is 20.2 Å². The molecule has 2 N–H and O–H groups in total. The molecule has 2 atom stereocenters. The summed E-state index contributed by atoms with van der Waals surface area (Å²) < 4.78 is 20.6. The molecule has 16 nitrogen and oxygen atoms in total. The lowest BCUT2D eigenvalue weighted by Crippen LogP contribution is -2.34. The molecule has 234 valence electrons. The minimum absolute atomic E-state index is 0.301. The van der Waals surface area contributed by atoms with Crippen molar-refractivity contribution in [3.8, 4) is 17.0 Å². The summed E-state index contributed by atoms with van der Waals surface area (Å²) in [6.45, 7) is 1.04. The summed E-state index contributed by atoms with van der Waals surface area (Å²) in [6.07, 6.45) is 6.72. The van der Waals surface area contributed by atoms with E-state index in [1.165, 1.54) is 0 Å². The van der Waals surface area contributed by atoms with Crippen molar-refractivity contribution in [1.82, 2.24) is 19.5 Å². The highest BCUT2D eigenvalue weighted by molar-refractivity contribution is 6.35. The van der Waals surface area contributed by atoms with Crippen molar-refractivity contribution < 1.29 is 34.8 Å². The molecule has 2 aromatic heterocycles. The largest absolute Gasteiger partial charge is 0.491 e. The number of halogens is 2. The van der Waals surface area contributed by atoms with Crippen molar-refractivity contribution in [3.63, 3.8) is 0 Å². The minimum Gasteiger partial charge on any atom is -0.491 e. The predicted octanol–water partition coefficient (Wildman–Crippen LogP) is 4.36. The Morgan fingerprint density at radius 2 is 1.77 bits per heavy atom. The first-order valence-corrected chi connectivity index (χ1v) is 13.3. The number of nitrogens with zero attached hydrogens (tertiary/aromatic N) is 7. The van der Waals surface area contributed by atoms with Gasteiger partial charge in [0.2, 0.25) is 11.7 Å². The first kappa shape index (κ1) is 33.7. The van der Waals surface area contributed by atoms with Crippen molar-refractivity contribution in [2.24, 2.45) is 0 Å². The van der Waals surface area contributed by atoms with Crippen LogP contribution in [0.25, 0.3) is 11.3 Å². The predicted molar refractivity (Wildman–Crippen MR) is 156 cm³/mol. The Labute approximate surface area is 260 Å². The number of imidazole rings is 1. The van der Waals surface area contributed by atoms with Gasteiger partial charge in [0.1, 0.15) is 18.5 Å². The van der Waals surface area contributed by atoms with Gasteiger partial charge in [0.25, 0.3) is 10.2 Å². The third-order valence-corrected chi connectivity index (χ3v) is 6.33. The third kappa shape index (κ3) is 9.91. The molecule has 0 aliphatic carbocycles. The van der Waals surface area contributed by atoms with Crippen molar-refractivity contribution in [2.45, 2.75) is 18.4 Å². The molecule has 44 heavy (non-hydrogen) atoms. The van der Waals surface area contributed by atoms with E-state index < -0.39 is 16.0 Å². The van der Waals surface area contributed by atoms with Crippen LogP contribution in [0.4, 0.5) is 5.95 Å². The molecule has 0 bridgehead atoms. The van der Waals surface area contributed by atoms with Crippen molar-refractivity contribution >= 4 is 29.2 Å². The molecule has 1 aliphatic rings. The summed E-state index contributed by atoms with van der Waals surface area (Å²) in [5.74, 6) is 0.296. The number of rotatable bonds is 8. The fourth-order valence-corrected chi connectivity index (χ4v) is 4.56. The van der Waals surface area contributed by atoms with Gasteiger partial charge in [0, 0.05) is 48.8 Å². The molecule has 2 aromatic carbocycles. The van der Waals surface area contributed by atoms with Gasteiger partial charge in [0.05, 0.1) is 30.2 Å². The molecule has 5 rings (SSSR count). The number of hydrogen-bond acceptors (Lipinski definition) is 11. The first-order valence-electron chi connectivity index (χ1n) is 12.5. The molecule has 0 unspecified atom stereocenters. The van der Waals surface area contributed by atoms with E-state index in [0.717, 1.165) is 17.0 Å². The lowest BCUT2D eigenvalue weighted by Gasteiger charge is -2.30. The van der Waals surface area contributed by atoms with Crippen molar-refractivity contribution in [1.29, 1.82) is 0 Å². The van der Waals surface area contributed by atoms with Gasteiger partial charge in [-0.25, -0.2) is 15.0 Å². The van der Waals surface area contributed by atoms with E-state index in [-0.39, 0.29) is 6.10 Å². The molecule has 4 aromatic rings. The van der Waals surface area contributed by atoms with Crippen LogP contribution in [-0.4, -0.2) is 73.5 Å². The Morgan fingerprint density at radius 3 is 2.36 bits per heavy atom. The smallest absolute Gasteiger partial charge is 0.291 e. The lowest BCUT2D eigenvalue weighted by molar-refractivity contribution is -0.742. The molecule has 0 radical (unpaired) electrons. The van der Waals surface area contributed by atoms with Crippen LogP contribution in [0.3, 0.4) is 0 Å². The van der Waals surface area contributed by atoms with E-state index in [1.54, 1.807) is 30.9 Å². The Kier molecular flexibility index (Phi) is 12.0. The van der Waals surface area contributed by atoms with E-state index >= 15 is 0 Å². The molecule has 3 heterocycles. The number of benzene rings is 2. The Balaban J connectivity index is 0.000000592. The fraction of sp³-hybridized carbons (Fsp3) is 0.269. The van der Waals surface area contributed by atoms with E-state index in [1.807, 2.05) is 66.2 Å². The van der Waals surface area contributed by atoms with Crippen molar-refractivity contribution in [3.05, 3.63) is 109 Å². The zero-order valence-electron chi connectivity index (χ0n) is 23.3. The summed E-state index contributed by atoms with van der Waals surface area (Å²) in [5, 5.41) is 28.3. The van der Waals surface area contributed by atoms with Crippen LogP contribution in [0.5, 0.6) is 5.75 Å². The van der Waals surface area contributed by atoms with Crippen LogP contribution in [-0.2, 0) is 21.8 Å². The number of ether oxygens (including phenoxy) is 3. The van der Waals surface area contributed by atoms with Gasteiger partial charge in [-0.05, 0) is 42.5 Å². The number of anilines is 1. The van der Waals surface area contributed by atoms with E-state index in [0.29, 0.717) is 41.3 Å². The second kappa shape index (κ2) is 15.6.